The summed E-state index contributed by atoms with van der Waals surface area (Å²) in [7, 11) is 1.68. The lowest BCUT2D eigenvalue weighted by Gasteiger charge is -2.24. The van der Waals surface area contributed by atoms with Crippen LogP contribution in [0.3, 0.4) is 0 Å². The maximum absolute atomic E-state index is 13.4. The van der Waals surface area contributed by atoms with Crippen molar-refractivity contribution >= 4 is 28.1 Å². The average molecular weight is 423 g/mol. The van der Waals surface area contributed by atoms with Crippen molar-refractivity contribution in [1.82, 2.24) is 30.5 Å². The number of carbonyl (C=O) groups is 1. The van der Waals surface area contributed by atoms with Gasteiger partial charge in [-0.2, -0.15) is 4.68 Å². The molecule has 2 N–H and O–H groups in total. The summed E-state index contributed by atoms with van der Waals surface area (Å²) < 4.78 is 6.95. The fourth-order valence-electron chi connectivity index (χ4n) is 4.24. The van der Waals surface area contributed by atoms with E-state index in [-0.39, 0.29) is 11.9 Å². The Morgan fingerprint density at radius 2 is 2.23 bits per heavy atom. The van der Waals surface area contributed by atoms with Gasteiger partial charge in [0.25, 0.3) is 5.91 Å². The molecular weight excluding hydrogens is 400 g/mol. The minimum atomic E-state index is -0.101. The molecular formula is C21H22N6O2S. The summed E-state index contributed by atoms with van der Waals surface area (Å²) in [5, 5.41) is 16.6. The number of ether oxygens (including phenoxy) is 1. The molecule has 1 atom stereocenters. The number of methoxy groups -OCH3 is 1. The van der Waals surface area contributed by atoms with Gasteiger partial charge in [-0.25, -0.2) is 0 Å². The smallest absolute Gasteiger partial charge is 0.255 e. The van der Waals surface area contributed by atoms with Gasteiger partial charge in [0, 0.05) is 21.5 Å². The van der Waals surface area contributed by atoms with E-state index in [1.165, 1.54) is 28.6 Å². The predicted octanol–water partition coefficient (Wildman–Crippen LogP) is 3.64. The Morgan fingerprint density at radius 3 is 3.00 bits per heavy atom. The first-order valence-corrected chi connectivity index (χ1v) is 10.7. The molecule has 1 aliphatic rings. The minimum Gasteiger partial charge on any atom is -0.497 e. The summed E-state index contributed by atoms with van der Waals surface area (Å²) in [5.41, 5.74) is 5.01. The molecule has 0 spiro atoms. The first-order valence-electron chi connectivity index (χ1n) is 9.89. The van der Waals surface area contributed by atoms with Crippen molar-refractivity contribution in [2.75, 3.05) is 7.11 Å². The number of benzene rings is 1. The SMILES string of the molecule is COc1ccc2[nH]c3c(c2c1)CCCC3NC(=O)c1c(-n2cnnn2)sc(C)c1C. The van der Waals surface area contributed by atoms with Crippen molar-refractivity contribution in [3.8, 4) is 10.8 Å². The van der Waals surface area contributed by atoms with Crippen LogP contribution in [0.5, 0.6) is 5.75 Å². The number of rotatable bonds is 4. The lowest BCUT2D eigenvalue weighted by atomic mass is 9.91. The van der Waals surface area contributed by atoms with Crippen molar-refractivity contribution < 1.29 is 9.53 Å². The second-order valence-corrected chi connectivity index (χ2v) is 8.77. The molecule has 0 radical (unpaired) electrons. The van der Waals surface area contributed by atoms with Crippen LogP contribution in [0.4, 0.5) is 0 Å². The highest BCUT2D eigenvalue weighted by atomic mass is 32.1. The number of hydrogen-bond donors (Lipinski definition) is 2. The van der Waals surface area contributed by atoms with Crippen LogP contribution in [0, 0.1) is 13.8 Å². The topological polar surface area (TPSA) is 97.7 Å². The third-order valence-corrected chi connectivity index (χ3v) is 7.07. The van der Waals surface area contributed by atoms with Gasteiger partial charge in [-0.15, -0.1) is 16.4 Å². The molecule has 9 heteroatoms. The van der Waals surface area contributed by atoms with E-state index in [1.54, 1.807) is 11.8 Å². The fourth-order valence-corrected chi connectivity index (χ4v) is 5.31. The number of nitrogens with one attached hydrogen (secondary N) is 2. The van der Waals surface area contributed by atoms with Gasteiger partial charge in [0.15, 0.2) is 0 Å². The molecule has 4 aromatic rings. The van der Waals surface area contributed by atoms with Gasteiger partial charge in [-0.05, 0) is 72.9 Å². The minimum absolute atomic E-state index is 0.0685. The average Bonchev–Trinajstić information content (AvgIpc) is 3.46. The molecule has 1 unspecified atom stereocenters. The summed E-state index contributed by atoms with van der Waals surface area (Å²) in [6.07, 6.45) is 4.42. The second kappa shape index (κ2) is 7.24. The quantitative estimate of drug-likeness (QED) is 0.523. The van der Waals surface area contributed by atoms with Crippen molar-refractivity contribution in [2.24, 2.45) is 0 Å². The lowest BCUT2D eigenvalue weighted by molar-refractivity contribution is 0.0931. The number of carbonyl (C=O) groups excluding carboxylic acids is 1. The Hall–Kier alpha value is -3.20. The number of aryl methyl sites for hydroxylation is 2. The highest BCUT2D eigenvalue weighted by Crippen LogP contribution is 2.37. The summed E-state index contributed by atoms with van der Waals surface area (Å²) in [6, 6.07) is 5.99. The van der Waals surface area contributed by atoms with Crippen LogP contribution in [0.2, 0.25) is 0 Å². The molecule has 1 aliphatic carbocycles. The number of aromatic amines is 1. The van der Waals surface area contributed by atoms with Crippen molar-refractivity contribution in [2.45, 2.75) is 39.2 Å². The van der Waals surface area contributed by atoms with Gasteiger partial charge >= 0.3 is 0 Å². The number of H-pyrrole nitrogens is 1. The fraction of sp³-hybridized carbons (Fsp3) is 0.333. The molecule has 30 heavy (non-hydrogen) atoms. The van der Waals surface area contributed by atoms with Crippen LogP contribution in [0.15, 0.2) is 24.5 Å². The number of aromatic nitrogens is 5. The van der Waals surface area contributed by atoms with Crippen LogP contribution < -0.4 is 10.1 Å². The maximum atomic E-state index is 13.4. The Kier molecular flexibility index (Phi) is 4.54. The third-order valence-electron chi connectivity index (χ3n) is 5.87. The monoisotopic (exact) mass is 422 g/mol. The van der Waals surface area contributed by atoms with E-state index >= 15 is 0 Å². The summed E-state index contributed by atoms with van der Waals surface area (Å²) in [5.74, 6) is 0.738. The Labute approximate surface area is 177 Å². The zero-order chi connectivity index (χ0) is 20.8. The molecule has 1 amide bonds. The molecule has 1 aromatic carbocycles. The van der Waals surface area contributed by atoms with Gasteiger partial charge in [-0.3, -0.25) is 4.79 Å². The van der Waals surface area contributed by atoms with Crippen LogP contribution in [0.25, 0.3) is 15.9 Å². The highest BCUT2D eigenvalue weighted by Gasteiger charge is 2.29. The third kappa shape index (κ3) is 2.97. The number of nitrogens with zero attached hydrogens (tertiary/aromatic N) is 4. The molecule has 3 aromatic heterocycles. The van der Waals surface area contributed by atoms with E-state index in [0.717, 1.165) is 51.7 Å². The summed E-state index contributed by atoms with van der Waals surface area (Å²) >= 11 is 1.52. The van der Waals surface area contributed by atoms with Crippen LogP contribution in [0.1, 0.15) is 50.9 Å². The second-order valence-electron chi connectivity index (χ2n) is 7.56. The highest BCUT2D eigenvalue weighted by molar-refractivity contribution is 7.15. The van der Waals surface area contributed by atoms with Crippen molar-refractivity contribution in [3.05, 3.63) is 51.8 Å². The number of fused-ring (bicyclic) bond motifs is 3. The standard InChI is InChI=1S/C21H22N6O2S/c1-11-12(2)30-21(27-10-22-25-26-27)18(11)20(28)24-17-6-4-5-14-15-9-13(29-3)7-8-16(15)23-19(14)17/h7-10,17,23H,4-6H2,1-3H3,(H,24,28). The molecule has 0 saturated carbocycles. The lowest BCUT2D eigenvalue weighted by Crippen LogP contribution is -2.31. The molecule has 5 rings (SSSR count). The largest absolute Gasteiger partial charge is 0.497 e. The van der Waals surface area contributed by atoms with E-state index in [2.05, 4.69) is 31.9 Å². The molecule has 154 valence electrons. The van der Waals surface area contributed by atoms with E-state index in [1.807, 2.05) is 26.0 Å². The number of tetrazole rings is 1. The van der Waals surface area contributed by atoms with Gasteiger partial charge in [0.05, 0.1) is 18.7 Å². The Bertz CT molecular complexity index is 1240. The molecule has 8 nitrogen and oxygen atoms in total. The van der Waals surface area contributed by atoms with E-state index in [0.29, 0.717) is 5.56 Å². The van der Waals surface area contributed by atoms with Gasteiger partial charge in [0.2, 0.25) is 0 Å². The number of thiophene rings is 1. The van der Waals surface area contributed by atoms with Gasteiger partial charge in [-0.1, -0.05) is 0 Å². The molecule has 0 saturated heterocycles. The van der Waals surface area contributed by atoms with Crippen molar-refractivity contribution in [3.63, 3.8) is 0 Å². The molecule has 3 heterocycles. The van der Waals surface area contributed by atoms with Crippen LogP contribution in [-0.4, -0.2) is 38.2 Å². The molecule has 0 aliphatic heterocycles. The number of amides is 1. The van der Waals surface area contributed by atoms with Crippen molar-refractivity contribution in [1.29, 1.82) is 0 Å². The zero-order valence-electron chi connectivity index (χ0n) is 17.0. The number of hydrogen-bond acceptors (Lipinski definition) is 6. The van der Waals surface area contributed by atoms with Crippen LogP contribution >= 0.6 is 11.3 Å². The molecule has 0 fully saturated rings. The predicted molar refractivity (Wildman–Crippen MR) is 115 cm³/mol. The zero-order valence-corrected chi connectivity index (χ0v) is 17.8. The van der Waals surface area contributed by atoms with E-state index in [9.17, 15) is 4.79 Å². The van der Waals surface area contributed by atoms with Gasteiger partial charge in [0.1, 0.15) is 17.1 Å². The first kappa shape index (κ1) is 18.8. The van der Waals surface area contributed by atoms with E-state index < -0.39 is 0 Å². The van der Waals surface area contributed by atoms with Gasteiger partial charge < -0.3 is 15.0 Å². The molecule has 0 bridgehead atoms. The summed E-state index contributed by atoms with van der Waals surface area (Å²) in [4.78, 5) is 18.0. The maximum Gasteiger partial charge on any atom is 0.255 e. The Morgan fingerprint density at radius 1 is 1.37 bits per heavy atom. The Balaban J connectivity index is 1.51. The first-order chi connectivity index (χ1) is 14.6. The summed E-state index contributed by atoms with van der Waals surface area (Å²) in [6.45, 7) is 3.98. The normalized spacial score (nSPS) is 15.9. The van der Waals surface area contributed by atoms with Crippen LogP contribution in [-0.2, 0) is 6.42 Å². The van der Waals surface area contributed by atoms with E-state index in [4.69, 9.17) is 4.74 Å².